The summed E-state index contributed by atoms with van der Waals surface area (Å²) in [5.74, 6) is -0.403. The van der Waals surface area contributed by atoms with Crippen LogP contribution in [0.5, 0.6) is 0 Å². The number of halogens is 1. The Kier molecular flexibility index (Phi) is 3.76. The van der Waals surface area contributed by atoms with Crippen LogP contribution in [-0.4, -0.2) is 27.5 Å². The third-order valence-electron chi connectivity index (χ3n) is 2.61. The van der Waals surface area contributed by atoms with Crippen molar-refractivity contribution in [3.63, 3.8) is 0 Å². The van der Waals surface area contributed by atoms with Crippen LogP contribution in [0.15, 0.2) is 24.3 Å². The molecule has 0 saturated heterocycles. The number of aromatic nitrogens is 2. The molecule has 5 nitrogen and oxygen atoms in total. The number of ether oxygens (including phenoxy) is 1. The van der Waals surface area contributed by atoms with Crippen LogP contribution in [0, 0.1) is 6.92 Å². The van der Waals surface area contributed by atoms with Crippen molar-refractivity contribution < 1.29 is 14.7 Å². The van der Waals surface area contributed by atoms with Gasteiger partial charge in [0.2, 0.25) is 0 Å². The fourth-order valence-electron chi connectivity index (χ4n) is 1.77. The summed E-state index contributed by atoms with van der Waals surface area (Å²) in [6.45, 7) is 3.55. The summed E-state index contributed by atoms with van der Waals surface area (Å²) in [6, 6.07) is 6.95. The number of benzene rings is 1. The number of hydrogen-bond acceptors (Lipinski definition) is 4. The van der Waals surface area contributed by atoms with Crippen molar-refractivity contribution in [1.29, 1.82) is 0 Å². The lowest BCUT2D eigenvalue weighted by Crippen LogP contribution is -2.12. The second-order valence-corrected chi connectivity index (χ2v) is 4.29. The Labute approximate surface area is 115 Å². The van der Waals surface area contributed by atoms with Gasteiger partial charge in [0.05, 0.1) is 17.3 Å². The molecular weight excluding hydrogens is 268 g/mol. The lowest BCUT2D eigenvalue weighted by molar-refractivity contribution is 0.0476. The number of nitrogens with zero attached hydrogens (tertiary/aromatic N) is 2. The van der Waals surface area contributed by atoms with Gasteiger partial charge in [-0.1, -0.05) is 23.7 Å². The standard InChI is InChI=1S/C13H13ClN2O3/c1-3-19-13(17)11-8(2)15-12(16(11)18)9-6-4-5-7-10(9)14/h4-7,18H,3H2,1-2H3. The van der Waals surface area contributed by atoms with Crippen molar-refractivity contribution in [3.8, 4) is 11.4 Å². The molecule has 1 aromatic heterocycles. The average Bonchev–Trinajstić information content (AvgIpc) is 2.66. The number of carbonyl (C=O) groups is 1. The Morgan fingerprint density at radius 3 is 2.79 bits per heavy atom. The molecule has 0 aliphatic rings. The van der Waals surface area contributed by atoms with E-state index in [4.69, 9.17) is 16.3 Å². The van der Waals surface area contributed by atoms with Crippen molar-refractivity contribution in [1.82, 2.24) is 9.71 Å². The van der Waals surface area contributed by atoms with E-state index >= 15 is 0 Å². The topological polar surface area (TPSA) is 64.3 Å². The van der Waals surface area contributed by atoms with Crippen molar-refractivity contribution in [3.05, 3.63) is 40.7 Å². The molecule has 2 rings (SSSR count). The van der Waals surface area contributed by atoms with Crippen molar-refractivity contribution >= 4 is 17.6 Å². The fourth-order valence-corrected chi connectivity index (χ4v) is 1.99. The Balaban J connectivity index is 2.54. The van der Waals surface area contributed by atoms with E-state index in [1.807, 2.05) is 0 Å². The van der Waals surface area contributed by atoms with E-state index in [0.717, 1.165) is 0 Å². The lowest BCUT2D eigenvalue weighted by atomic mass is 10.2. The van der Waals surface area contributed by atoms with Crippen LogP contribution < -0.4 is 0 Å². The van der Waals surface area contributed by atoms with E-state index in [-0.39, 0.29) is 18.1 Å². The van der Waals surface area contributed by atoms with Crippen molar-refractivity contribution in [2.75, 3.05) is 6.61 Å². The van der Waals surface area contributed by atoms with E-state index < -0.39 is 5.97 Å². The number of rotatable bonds is 3. The summed E-state index contributed by atoms with van der Waals surface area (Å²) in [5, 5.41) is 10.5. The molecule has 1 N–H and O–H groups in total. The maximum atomic E-state index is 11.7. The molecule has 0 unspecified atom stereocenters. The van der Waals surface area contributed by atoms with Gasteiger partial charge in [0.25, 0.3) is 0 Å². The second kappa shape index (κ2) is 5.32. The van der Waals surface area contributed by atoms with Gasteiger partial charge in [0.15, 0.2) is 11.5 Å². The van der Waals surface area contributed by atoms with Crippen molar-refractivity contribution in [2.24, 2.45) is 0 Å². The van der Waals surface area contributed by atoms with Crippen molar-refractivity contribution in [2.45, 2.75) is 13.8 Å². The highest BCUT2D eigenvalue weighted by atomic mass is 35.5. The highest BCUT2D eigenvalue weighted by Crippen LogP contribution is 2.28. The molecule has 1 heterocycles. The van der Waals surface area contributed by atoms with E-state index in [1.54, 1.807) is 38.1 Å². The van der Waals surface area contributed by atoms with Crippen LogP contribution >= 0.6 is 11.6 Å². The summed E-state index contributed by atoms with van der Waals surface area (Å²) >= 11 is 6.05. The minimum Gasteiger partial charge on any atom is -0.461 e. The first kappa shape index (κ1) is 13.4. The molecule has 100 valence electrons. The van der Waals surface area contributed by atoms with Gasteiger partial charge in [-0.25, -0.2) is 9.78 Å². The molecule has 1 aromatic carbocycles. The first-order valence-corrected chi connectivity index (χ1v) is 6.14. The van der Waals surface area contributed by atoms with Crippen LogP contribution in [0.25, 0.3) is 11.4 Å². The summed E-state index contributed by atoms with van der Waals surface area (Å²) in [6.07, 6.45) is 0. The molecule has 0 amide bonds. The average molecular weight is 281 g/mol. The summed E-state index contributed by atoms with van der Waals surface area (Å²) in [7, 11) is 0. The van der Waals surface area contributed by atoms with Gasteiger partial charge >= 0.3 is 5.97 Å². The van der Waals surface area contributed by atoms with Gasteiger partial charge in [-0.15, -0.1) is 0 Å². The first-order chi connectivity index (χ1) is 9.06. The number of aryl methyl sites for hydroxylation is 1. The van der Waals surface area contributed by atoms with Gasteiger partial charge in [0, 0.05) is 5.56 Å². The zero-order valence-corrected chi connectivity index (χ0v) is 11.3. The zero-order valence-electron chi connectivity index (χ0n) is 10.6. The molecule has 0 fully saturated rings. The minimum atomic E-state index is -0.617. The Morgan fingerprint density at radius 2 is 2.16 bits per heavy atom. The highest BCUT2D eigenvalue weighted by Gasteiger charge is 2.23. The van der Waals surface area contributed by atoms with Crippen LogP contribution in [0.4, 0.5) is 0 Å². The predicted octanol–water partition coefficient (Wildman–Crippen LogP) is 2.93. The monoisotopic (exact) mass is 280 g/mol. The number of imidazole rings is 1. The zero-order chi connectivity index (χ0) is 14.0. The van der Waals surface area contributed by atoms with Gasteiger partial charge in [-0.2, -0.15) is 4.73 Å². The third-order valence-corrected chi connectivity index (χ3v) is 2.94. The highest BCUT2D eigenvalue weighted by molar-refractivity contribution is 6.33. The Bertz CT molecular complexity index is 622. The van der Waals surface area contributed by atoms with E-state index in [2.05, 4.69) is 4.98 Å². The van der Waals surface area contributed by atoms with Gasteiger partial charge in [0.1, 0.15) is 0 Å². The Morgan fingerprint density at radius 1 is 1.47 bits per heavy atom. The maximum Gasteiger partial charge on any atom is 0.360 e. The Hall–Kier alpha value is -2.01. The van der Waals surface area contributed by atoms with Gasteiger partial charge in [-0.05, 0) is 26.0 Å². The molecule has 0 atom stereocenters. The lowest BCUT2D eigenvalue weighted by Gasteiger charge is -2.05. The molecule has 19 heavy (non-hydrogen) atoms. The number of carbonyl (C=O) groups excluding carboxylic acids is 1. The van der Waals surface area contributed by atoms with E-state index in [9.17, 15) is 10.0 Å². The van der Waals surface area contributed by atoms with Crippen LogP contribution in [0.1, 0.15) is 23.1 Å². The molecule has 0 saturated carbocycles. The SMILES string of the molecule is CCOC(=O)c1c(C)nc(-c2ccccc2Cl)n1O. The first-order valence-electron chi connectivity index (χ1n) is 5.76. The predicted molar refractivity (Wildman–Crippen MR) is 70.6 cm³/mol. The normalized spacial score (nSPS) is 10.5. The smallest absolute Gasteiger partial charge is 0.360 e. The third kappa shape index (κ3) is 2.42. The maximum absolute atomic E-state index is 11.7. The quantitative estimate of drug-likeness (QED) is 0.693. The molecular formula is C13H13ClN2O3. The molecule has 0 bridgehead atoms. The number of esters is 1. The molecule has 6 heteroatoms. The summed E-state index contributed by atoms with van der Waals surface area (Å²) < 4.78 is 5.59. The minimum absolute atomic E-state index is 0.0109. The van der Waals surface area contributed by atoms with Crippen LogP contribution in [0.2, 0.25) is 5.02 Å². The molecule has 0 aliphatic carbocycles. The van der Waals surface area contributed by atoms with Crippen LogP contribution in [-0.2, 0) is 4.74 Å². The molecule has 2 aromatic rings. The summed E-state index contributed by atoms with van der Waals surface area (Å²) in [5.41, 5.74) is 0.943. The fraction of sp³-hybridized carbons (Fsp3) is 0.231. The largest absolute Gasteiger partial charge is 0.461 e. The summed E-state index contributed by atoms with van der Waals surface area (Å²) in [4.78, 5) is 15.9. The second-order valence-electron chi connectivity index (χ2n) is 3.88. The van der Waals surface area contributed by atoms with Gasteiger partial charge < -0.3 is 9.94 Å². The molecule has 0 spiro atoms. The molecule has 0 aliphatic heterocycles. The van der Waals surface area contributed by atoms with Crippen LogP contribution in [0.3, 0.4) is 0 Å². The van der Waals surface area contributed by atoms with E-state index in [1.165, 1.54) is 0 Å². The number of hydrogen-bond donors (Lipinski definition) is 1. The van der Waals surface area contributed by atoms with Gasteiger partial charge in [-0.3, -0.25) is 0 Å². The van der Waals surface area contributed by atoms with E-state index in [0.29, 0.717) is 21.0 Å². The molecule has 0 radical (unpaired) electrons.